The van der Waals surface area contributed by atoms with Crippen LogP contribution in [0.4, 0.5) is 0 Å². The van der Waals surface area contributed by atoms with Crippen LogP contribution >= 0.6 is 0 Å². The molecule has 21 heavy (non-hydrogen) atoms. The molecule has 106 valence electrons. The van der Waals surface area contributed by atoms with Gasteiger partial charge in [0.05, 0.1) is 25.0 Å². The number of esters is 1. The highest BCUT2D eigenvalue weighted by Crippen LogP contribution is 2.22. The third kappa shape index (κ3) is 2.28. The van der Waals surface area contributed by atoms with Gasteiger partial charge in [-0.05, 0) is 36.4 Å². The molecule has 0 saturated heterocycles. The van der Waals surface area contributed by atoms with E-state index >= 15 is 0 Å². The van der Waals surface area contributed by atoms with E-state index in [0.717, 1.165) is 16.7 Å². The van der Waals surface area contributed by atoms with E-state index in [4.69, 9.17) is 4.74 Å². The fraction of sp³-hybridized carbons (Fsp3) is 0.125. The van der Waals surface area contributed by atoms with Gasteiger partial charge in [0, 0.05) is 23.3 Å². The first-order valence-electron chi connectivity index (χ1n) is 6.49. The van der Waals surface area contributed by atoms with Gasteiger partial charge in [0.1, 0.15) is 5.65 Å². The fourth-order valence-corrected chi connectivity index (χ4v) is 2.35. The molecule has 0 fully saturated rings. The lowest BCUT2D eigenvalue weighted by Crippen LogP contribution is -2.05. The van der Waals surface area contributed by atoms with E-state index in [2.05, 4.69) is 4.98 Å². The predicted octanol–water partition coefficient (Wildman–Crippen LogP) is 2.30. The molecule has 0 bridgehead atoms. The van der Waals surface area contributed by atoms with Gasteiger partial charge < -0.3 is 14.4 Å². The highest BCUT2D eigenvalue weighted by molar-refractivity contribution is 5.90. The average molecular weight is 282 g/mol. The van der Waals surface area contributed by atoms with Crippen LogP contribution in [0.3, 0.4) is 0 Å². The first-order valence-corrected chi connectivity index (χ1v) is 6.49. The topological polar surface area (TPSA) is 64.4 Å². The summed E-state index contributed by atoms with van der Waals surface area (Å²) in [7, 11) is 1.33. The number of aliphatic hydroxyl groups excluding tert-OH is 1. The van der Waals surface area contributed by atoms with Crippen molar-refractivity contribution in [3.63, 3.8) is 0 Å². The van der Waals surface area contributed by atoms with E-state index in [1.54, 1.807) is 24.4 Å². The fourth-order valence-electron chi connectivity index (χ4n) is 2.35. The Morgan fingerprint density at radius 2 is 2.19 bits per heavy atom. The Kier molecular flexibility index (Phi) is 3.41. The van der Waals surface area contributed by atoms with E-state index in [-0.39, 0.29) is 6.61 Å². The lowest BCUT2D eigenvalue weighted by Gasteiger charge is -2.11. The number of nitrogens with zero attached hydrogens (tertiary/aromatic N) is 2. The molecule has 3 rings (SSSR count). The molecule has 0 aliphatic carbocycles. The minimum absolute atomic E-state index is 0.174. The summed E-state index contributed by atoms with van der Waals surface area (Å²) >= 11 is 0. The van der Waals surface area contributed by atoms with Crippen molar-refractivity contribution < 1.29 is 14.6 Å². The summed E-state index contributed by atoms with van der Waals surface area (Å²) in [5.74, 6) is -0.424. The number of hydrogen-bond acceptors (Lipinski definition) is 4. The van der Waals surface area contributed by atoms with Crippen LogP contribution in [0.25, 0.3) is 16.7 Å². The molecule has 3 aromatic rings. The van der Waals surface area contributed by atoms with Crippen LogP contribution in [-0.4, -0.2) is 27.7 Å². The quantitative estimate of drug-likeness (QED) is 0.749. The maximum Gasteiger partial charge on any atom is 0.337 e. The number of rotatable bonds is 3. The molecule has 0 saturated carbocycles. The number of benzene rings is 1. The standard InChI is InChI=1S/C16H14N2O3/c1-21-16(20)12-4-5-14(13(9-12)10-19)18-8-6-11-3-2-7-17-15(11)18/h2-9,19H,10H2,1H3. The SMILES string of the molecule is COC(=O)c1ccc(-n2ccc3cccnc32)c(CO)c1. The van der Waals surface area contributed by atoms with Gasteiger partial charge in [-0.2, -0.15) is 0 Å². The van der Waals surface area contributed by atoms with Crippen molar-refractivity contribution in [2.75, 3.05) is 7.11 Å². The predicted molar refractivity (Wildman–Crippen MR) is 78.3 cm³/mol. The van der Waals surface area contributed by atoms with E-state index in [1.807, 2.05) is 29.0 Å². The Morgan fingerprint density at radius 3 is 2.95 bits per heavy atom. The van der Waals surface area contributed by atoms with Crippen molar-refractivity contribution in [2.45, 2.75) is 6.61 Å². The van der Waals surface area contributed by atoms with Crippen LogP contribution in [0, 0.1) is 0 Å². The number of aromatic nitrogens is 2. The van der Waals surface area contributed by atoms with Crippen molar-refractivity contribution in [1.82, 2.24) is 9.55 Å². The maximum atomic E-state index is 11.6. The Morgan fingerprint density at radius 1 is 1.33 bits per heavy atom. The highest BCUT2D eigenvalue weighted by Gasteiger charge is 2.12. The van der Waals surface area contributed by atoms with Crippen molar-refractivity contribution in [2.24, 2.45) is 0 Å². The molecule has 0 amide bonds. The number of aliphatic hydroxyl groups is 1. The van der Waals surface area contributed by atoms with E-state index in [9.17, 15) is 9.90 Å². The summed E-state index contributed by atoms with van der Waals surface area (Å²) in [5, 5.41) is 10.6. The summed E-state index contributed by atoms with van der Waals surface area (Å²) in [6.45, 7) is -0.174. The Bertz CT molecular complexity index is 808. The molecule has 1 N–H and O–H groups in total. The van der Waals surface area contributed by atoms with Gasteiger partial charge in [0.25, 0.3) is 0 Å². The van der Waals surface area contributed by atoms with E-state index in [1.165, 1.54) is 7.11 Å². The van der Waals surface area contributed by atoms with Gasteiger partial charge in [0.2, 0.25) is 0 Å². The average Bonchev–Trinajstić information content (AvgIpc) is 2.97. The largest absolute Gasteiger partial charge is 0.465 e. The Hall–Kier alpha value is -2.66. The molecule has 5 heteroatoms. The van der Waals surface area contributed by atoms with Gasteiger partial charge in [-0.1, -0.05) is 0 Å². The molecule has 2 heterocycles. The smallest absolute Gasteiger partial charge is 0.337 e. The van der Waals surface area contributed by atoms with Crippen LogP contribution in [0.15, 0.2) is 48.8 Å². The number of carbonyl (C=O) groups is 1. The zero-order valence-electron chi connectivity index (χ0n) is 11.5. The van der Waals surface area contributed by atoms with Crippen LogP contribution in [-0.2, 0) is 11.3 Å². The van der Waals surface area contributed by atoms with E-state index in [0.29, 0.717) is 11.1 Å². The first-order chi connectivity index (χ1) is 10.2. The summed E-state index contributed by atoms with van der Waals surface area (Å²) in [6.07, 6.45) is 3.62. The maximum absolute atomic E-state index is 11.6. The van der Waals surface area contributed by atoms with Gasteiger partial charge >= 0.3 is 5.97 Å². The van der Waals surface area contributed by atoms with Crippen LogP contribution in [0.1, 0.15) is 15.9 Å². The second-order valence-electron chi connectivity index (χ2n) is 4.60. The van der Waals surface area contributed by atoms with Gasteiger partial charge in [-0.25, -0.2) is 9.78 Å². The monoisotopic (exact) mass is 282 g/mol. The minimum Gasteiger partial charge on any atom is -0.465 e. The molecule has 0 aliphatic heterocycles. The number of carbonyl (C=O) groups excluding carboxylic acids is 1. The second kappa shape index (κ2) is 5.38. The molecule has 0 unspecified atom stereocenters. The Balaban J connectivity index is 2.16. The zero-order valence-corrected chi connectivity index (χ0v) is 11.5. The molecule has 0 aliphatic rings. The molecule has 2 aromatic heterocycles. The van der Waals surface area contributed by atoms with Gasteiger partial charge in [0.15, 0.2) is 0 Å². The minimum atomic E-state index is -0.424. The van der Waals surface area contributed by atoms with Gasteiger partial charge in [-0.3, -0.25) is 0 Å². The third-order valence-corrected chi connectivity index (χ3v) is 3.38. The van der Waals surface area contributed by atoms with E-state index < -0.39 is 5.97 Å². The van der Waals surface area contributed by atoms with Crippen molar-refractivity contribution >= 4 is 17.0 Å². The molecule has 0 radical (unpaired) electrons. The van der Waals surface area contributed by atoms with Crippen molar-refractivity contribution in [3.8, 4) is 5.69 Å². The highest BCUT2D eigenvalue weighted by atomic mass is 16.5. The Labute approximate surface area is 121 Å². The van der Waals surface area contributed by atoms with Crippen LogP contribution in [0.5, 0.6) is 0 Å². The van der Waals surface area contributed by atoms with Crippen molar-refractivity contribution in [3.05, 3.63) is 59.9 Å². The second-order valence-corrected chi connectivity index (χ2v) is 4.60. The van der Waals surface area contributed by atoms with Crippen LogP contribution < -0.4 is 0 Å². The number of methoxy groups -OCH3 is 1. The number of pyridine rings is 1. The third-order valence-electron chi connectivity index (χ3n) is 3.38. The first kappa shape index (κ1) is 13.3. The molecule has 0 atom stereocenters. The lowest BCUT2D eigenvalue weighted by atomic mass is 10.1. The molecule has 1 aromatic carbocycles. The lowest BCUT2D eigenvalue weighted by molar-refractivity contribution is 0.0600. The van der Waals surface area contributed by atoms with Crippen molar-refractivity contribution in [1.29, 1.82) is 0 Å². The summed E-state index contributed by atoms with van der Waals surface area (Å²) in [4.78, 5) is 15.9. The molecule has 0 spiro atoms. The normalized spacial score (nSPS) is 10.8. The molecule has 5 nitrogen and oxygen atoms in total. The summed E-state index contributed by atoms with van der Waals surface area (Å²) < 4.78 is 6.59. The number of ether oxygens (including phenoxy) is 1. The number of fused-ring (bicyclic) bond motifs is 1. The molecular formula is C16H14N2O3. The molecular weight excluding hydrogens is 268 g/mol. The van der Waals surface area contributed by atoms with Gasteiger partial charge in [-0.15, -0.1) is 0 Å². The zero-order chi connectivity index (χ0) is 14.8. The van der Waals surface area contributed by atoms with Crippen LogP contribution in [0.2, 0.25) is 0 Å². The summed E-state index contributed by atoms with van der Waals surface area (Å²) in [5.41, 5.74) is 2.65. The summed E-state index contributed by atoms with van der Waals surface area (Å²) in [6, 6.07) is 10.9. The number of hydrogen-bond donors (Lipinski definition) is 1.